The van der Waals surface area contributed by atoms with Crippen LogP contribution in [0.4, 0.5) is 0 Å². The highest BCUT2D eigenvalue weighted by molar-refractivity contribution is 5.14. The van der Waals surface area contributed by atoms with Crippen molar-refractivity contribution >= 4 is 0 Å². The predicted octanol–water partition coefficient (Wildman–Crippen LogP) is 2.93. The molecule has 1 aliphatic heterocycles. The van der Waals surface area contributed by atoms with Gasteiger partial charge in [-0.05, 0) is 45.4 Å². The summed E-state index contributed by atoms with van der Waals surface area (Å²) in [5, 5.41) is 0. The van der Waals surface area contributed by atoms with Gasteiger partial charge in [-0.15, -0.1) is 0 Å². The first-order valence-corrected chi connectivity index (χ1v) is 5.31. The first-order valence-electron chi connectivity index (χ1n) is 5.31. The van der Waals surface area contributed by atoms with Crippen LogP contribution in [0, 0.1) is 0 Å². The summed E-state index contributed by atoms with van der Waals surface area (Å²) >= 11 is 0. The molecule has 1 aliphatic carbocycles. The van der Waals surface area contributed by atoms with E-state index in [1.54, 1.807) is 11.3 Å². The predicted molar refractivity (Wildman–Crippen MR) is 52.0 cm³/mol. The standard InChI is InChI=1S/C11H19N/c1-10-6-2-3-7-11(10)12-8-4-5-9-12/h2-9H2,1H3. The zero-order valence-electron chi connectivity index (χ0n) is 8.10. The molecule has 1 nitrogen and oxygen atoms in total. The van der Waals surface area contributed by atoms with Gasteiger partial charge in [0.15, 0.2) is 0 Å². The molecule has 0 aromatic heterocycles. The lowest BCUT2D eigenvalue weighted by Crippen LogP contribution is -2.21. The number of hydrogen-bond donors (Lipinski definition) is 0. The van der Waals surface area contributed by atoms with Gasteiger partial charge in [0.1, 0.15) is 0 Å². The molecule has 0 saturated carbocycles. The van der Waals surface area contributed by atoms with Crippen LogP contribution < -0.4 is 0 Å². The smallest absolute Gasteiger partial charge is 0.0175 e. The van der Waals surface area contributed by atoms with Gasteiger partial charge in [0.05, 0.1) is 0 Å². The topological polar surface area (TPSA) is 3.24 Å². The second-order valence-electron chi connectivity index (χ2n) is 4.13. The van der Waals surface area contributed by atoms with Crippen molar-refractivity contribution in [2.45, 2.75) is 45.4 Å². The van der Waals surface area contributed by atoms with Crippen molar-refractivity contribution < 1.29 is 0 Å². The highest BCUT2D eigenvalue weighted by Crippen LogP contribution is 2.29. The fourth-order valence-electron chi connectivity index (χ4n) is 2.46. The van der Waals surface area contributed by atoms with E-state index < -0.39 is 0 Å². The molecular weight excluding hydrogens is 146 g/mol. The number of allylic oxidation sites excluding steroid dienone is 2. The van der Waals surface area contributed by atoms with Gasteiger partial charge in [0.25, 0.3) is 0 Å². The van der Waals surface area contributed by atoms with Crippen LogP contribution >= 0.6 is 0 Å². The van der Waals surface area contributed by atoms with Crippen molar-refractivity contribution in [3.63, 3.8) is 0 Å². The molecule has 2 rings (SSSR count). The van der Waals surface area contributed by atoms with Crippen molar-refractivity contribution in [2.24, 2.45) is 0 Å². The van der Waals surface area contributed by atoms with Crippen molar-refractivity contribution in [1.29, 1.82) is 0 Å². The SMILES string of the molecule is CC1=C(N2CCCC2)CCCC1. The van der Waals surface area contributed by atoms with Crippen molar-refractivity contribution in [2.75, 3.05) is 13.1 Å². The Kier molecular flexibility index (Phi) is 2.38. The fourth-order valence-corrected chi connectivity index (χ4v) is 2.46. The Hall–Kier alpha value is -0.460. The summed E-state index contributed by atoms with van der Waals surface area (Å²) in [7, 11) is 0. The van der Waals surface area contributed by atoms with Crippen LogP contribution in [0.1, 0.15) is 45.4 Å². The summed E-state index contributed by atoms with van der Waals surface area (Å²) in [5.74, 6) is 0. The number of hydrogen-bond acceptors (Lipinski definition) is 1. The highest BCUT2D eigenvalue weighted by Gasteiger charge is 2.18. The van der Waals surface area contributed by atoms with E-state index in [4.69, 9.17) is 0 Å². The monoisotopic (exact) mass is 165 g/mol. The molecule has 1 heterocycles. The zero-order valence-corrected chi connectivity index (χ0v) is 8.10. The van der Waals surface area contributed by atoms with Crippen LogP contribution in [0.5, 0.6) is 0 Å². The minimum atomic E-state index is 1.33. The minimum Gasteiger partial charge on any atom is -0.375 e. The van der Waals surface area contributed by atoms with E-state index in [-0.39, 0.29) is 0 Å². The van der Waals surface area contributed by atoms with Gasteiger partial charge in [-0.3, -0.25) is 0 Å². The second kappa shape index (κ2) is 3.51. The molecule has 12 heavy (non-hydrogen) atoms. The van der Waals surface area contributed by atoms with E-state index in [1.807, 2.05) is 0 Å². The van der Waals surface area contributed by atoms with E-state index in [1.165, 1.54) is 51.6 Å². The van der Waals surface area contributed by atoms with Gasteiger partial charge in [-0.25, -0.2) is 0 Å². The molecule has 0 spiro atoms. The largest absolute Gasteiger partial charge is 0.375 e. The maximum Gasteiger partial charge on any atom is 0.0175 e. The molecule has 2 aliphatic rings. The highest BCUT2D eigenvalue weighted by atomic mass is 15.1. The lowest BCUT2D eigenvalue weighted by Gasteiger charge is -2.27. The summed E-state index contributed by atoms with van der Waals surface area (Å²) < 4.78 is 0. The summed E-state index contributed by atoms with van der Waals surface area (Å²) in [4.78, 5) is 2.62. The van der Waals surface area contributed by atoms with E-state index in [2.05, 4.69) is 11.8 Å². The van der Waals surface area contributed by atoms with Crippen LogP contribution in [0.2, 0.25) is 0 Å². The molecule has 0 aromatic rings. The summed E-state index contributed by atoms with van der Waals surface area (Å²) in [6.45, 7) is 4.98. The summed E-state index contributed by atoms with van der Waals surface area (Å²) in [6.07, 6.45) is 8.37. The average molecular weight is 165 g/mol. The number of nitrogens with zero attached hydrogens (tertiary/aromatic N) is 1. The fraction of sp³-hybridized carbons (Fsp3) is 0.818. The van der Waals surface area contributed by atoms with Gasteiger partial charge in [-0.2, -0.15) is 0 Å². The third-order valence-corrected chi connectivity index (χ3v) is 3.20. The molecule has 1 fully saturated rings. The third-order valence-electron chi connectivity index (χ3n) is 3.20. The molecule has 1 saturated heterocycles. The Bertz CT molecular complexity index is 187. The average Bonchev–Trinajstić information content (AvgIpc) is 2.57. The maximum absolute atomic E-state index is 2.62. The molecular formula is C11H19N. The summed E-state index contributed by atoms with van der Waals surface area (Å²) in [5.41, 5.74) is 3.36. The molecule has 0 amide bonds. The molecule has 0 radical (unpaired) electrons. The van der Waals surface area contributed by atoms with Crippen molar-refractivity contribution in [1.82, 2.24) is 4.90 Å². The Morgan fingerprint density at radius 2 is 1.58 bits per heavy atom. The van der Waals surface area contributed by atoms with Gasteiger partial charge in [-0.1, -0.05) is 5.57 Å². The van der Waals surface area contributed by atoms with Crippen LogP contribution in [0.25, 0.3) is 0 Å². The van der Waals surface area contributed by atoms with E-state index in [0.29, 0.717) is 0 Å². The molecule has 0 N–H and O–H groups in total. The Morgan fingerprint density at radius 3 is 2.25 bits per heavy atom. The second-order valence-corrected chi connectivity index (χ2v) is 4.13. The van der Waals surface area contributed by atoms with Gasteiger partial charge in [0, 0.05) is 18.8 Å². The van der Waals surface area contributed by atoms with Crippen LogP contribution in [-0.2, 0) is 0 Å². The van der Waals surface area contributed by atoms with Crippen LogP contribution in [-0.4, -0.2) is 18.0 Å². The van der Waals surface area contributed by atoms with Crippen molar-refractivity contribution in [3.8, 4) is 0 Å². The quantitative estimate of drug-likeness (QED) is 0.577. The number of likely N-dealkylation sites (tertiary alicyclic amines) is 1. The molecule has 68 valence electrons. The van der Waals surface area contributed by atoms with E-state index in [0.717, 1.165) is 0 Å². The van der Waals surface area contributed by atoms with Gasteiger partial charge in [0.2, 0.25) is 0 Å². The lowest BCUT2D eigenvalue weighted by molar-refractivity contribution is 0.385. The molecule has 0 aromatic carbocycles. The number of rotatable bonds is 1. The summed E-state index contributed by atoms with van der Waals surface area (Å²) in [6, 6.07) is 0. The Balaban J connectivity index is 2.08. The van der Waals surface area contributed by atoms with Crippen molar-refractivity contribution in [3.05, 3.63) is 11.3 Å². The lowest BCUT2D eigenvalue weighted by atomic mass is 9.97. The Labute approximate surface area is 75.4 Å². The van der Waals surface area contributed by atoms with E-state index in [9.17, 15) is 0 Å². The zero-order chi connectivity index (χ0) is 8.39. The van der Waals surface area contributed by atoms with Crippen LogP contribution in [0.15, 0.2) is 11.3 Å². The maximum atomic E-state index is 2.62. The molecule has 0 bridgehead atoms. The molecule has 0 unspecified atom stereocenters. The normalized spacial score (nSPS) is 25.2. The Morgan fingerprint density at radius 1 is 0.917 bits per heavy atom. The molecule has 0 atom stereocenters. The first-order chi connectivity index (χ1) is 5.88. The van der Waals surface area contributed by atoms with Gasteiger partial charge < -0.3 is 4.90 Å². The first kappa shape index (κ1) is 8.15. The molecule has 1 heteroatoms. The minimum absolute atomic E-state index is 1.33. The van der Waals surface area contributed by atoms with Gasteiger partial charge >= 0.3 is 0 Å². The van der Waals surface area contributed by atoms with Crippen LogP contribution in [0.3, 0.4) is 0 Å². The van der Waals surface area contributed by atoms with E-state index >= 15 is 0 Å². The third kappa shape index (κ3) is 1.50.